The molecule has 3 aromatic rings. The molecule has 0 unspecified atom stereocenters. The summed E-state index contributed by atoms with van der Waals surface area (Å²) in [5, 5.41) is 6.78. The topological polar surface area (TPSA) is 80.1 Å². The van der Waals surface area contributed by atoms with E-state index in [-0.39, 0.29) is 24.2 Å². The van der Waals surface area contributed by atoms with Crippen molar-refractivity contribution in [3.05, 3.63) is 60.6 Å². The molecule has 2 aliphatic rings. The number of carbonyl (C=O) groups is 2. The molecule has 1 atom stereocenters. The molecule has 2 amide bonds. The van der Waals surface area contributed by atoms with Gasteiger partial charge in [0.2, 0.25) is 11.8 Å². The van der Waals surface area contributed by atoms with Crippen molar-refractivity contribution in [2.24, 2.45) is 11.8 Å². The summed E-state index contributed by atoms with van der Waals surface area (Å²) in [6.45, 7) is 0.233. The van der Waals surface area contributed by atoms with Gasteiger partial charge in [-0.3, -0.25) is 14.3 Å². The number of nitrogens with zero attached hydrogens (tertiary/aromatic N) is 4. The molecule has 1 saturated carbocycles. The first-order valence-electron chi connectivity index (χ1n) is 11.4. The molecule has 0 bridgehead atoms. The van der Waals surface area contributed by atoms with Crippen molar-refractivity contribution < 1.29 is 18.4 Å². The summed E-state index contributed by atoms with van der Waals surface area (Å²) in [4.78, 5) is 31.4. The minimum atomic E-state index is -2.47. The Hall–Kier alpha value is -3.62. The highest BCUT2D eigenvalue weighted by Gasteiger charge is 2.42. The van der Waals surface area contributed by atoms with E-state index in [1.54, 1.807) is 29.4 Å². The molecule has 1 aliphatic carbocycles. The average molecular weight is 466 g/mol. The van der Waals surface area contributed by atoms with Gasteiger partial charge in [0.05, 0.1) is 12.6 Å². The summed E-state index contributed by atoms with van der Waals surface area (Å²) in [6.07, 6.45) is 5.50. The van der Waals surface area contributed by atoms with Crippen LogP contribution in [-0.4, -0.2) is 39.5 Å². The van der Waals surface area contributed by atoms with Gasteiger partial charge in [-0.25, -0.2) is 13.8 Å². The van der Waals surface area contributed by atoms with E-state index in [0.717, 1.165) is 36.1 Å². The van der Waals surface area contributed by atoms with Crippen molar-refractivity contribution in [2.75, 3.05) is 16.8 Å². The Morgan fingerprint density at radius 1 is 1.15 bits per heavy atom. The van der Waals surface area contributed by atoms with Crippen molar-refractivity contribution in [3.63, 3.8) is 0 Å². The number of hydrogen-bond donors (Lipinski definition) is 1. The fourth-order valence-electron chi connectivity index (χ4n) is 4.54. The number of hydrogen-bond acceptors (Lipinski definition) is 4. The van der Waals surface area contributed by atoms with E-state index in [4.69, 9.17) is 0 Å². The van der Waals surface area contributed by atoms with Crippen molar-refractivity contribution >= 4 is 23.3 Å². The second kappa shape index (κ2) is 9.32. The first kappa shape index (κ1) is 22.2. The smallest absolute Gasteiger partial charge is 0.257 e. The van der Waals surface area contributed by atoms with Crippen molar-refractivity contribution in [3.8, 4) is 11.1 Å². The lowest BCUT2D eigenvalue weighted by Crippen LogP contribution is -2.27. The number of carbonyl (C=O) groups excluding carboxylic acids is 2. The predicted octanol–water partition coefficient (Wildman–Crippen LogP) is 4.15. The fourth-order valence-corrected chi connectivity index (χ4v) is 4.54. The third kappa shape index (κ3) is 4.98. The average Bonchev–Trinajstić information content (AvgIpc) is 3.41. The summed E-state index contributed by atoms with van der Waals surface area (Å²) in [5.74, 6) is 0.988. The number of rotatable bonds is 8. The minimum Gasteiger partial charge on any atom is -0.312 e. The summed E-state index contributed by atoms with van der Waals surface area (Å²) in [7, 11) is 0. The fraction of sp³-hybridized carbons (Fsp3) is 0.360. The van der Waals surface area contributed by atoms with Gasteiger partial charge >= 0.3 is 0 Å². The van der Waals surface area contributed by atoms with Crippen LogP contribution >= 0.6 is 0 Å². The summed E-state index contributed by atoms with van der Waals surface area (Å²) in [5.41, 5.74) is 3.02. The maximum absolute atomic E-state index is 12.7. The number of alkyl halides is 2. The van der Waals surface area contributed by atoms with Gasteiger partial charge in [-0.05, 0) is 42.4 Å². The van der Waals surface area contributed by atoms with E-state index in [0.29, 0.717) is 23.8 Å². The number of anilines is 2. The lowest BCUT2D eigenvalue weighted by molar-refractivity contribution is -0.121. The highest BCUT2D eigenvalue weighted by atomic mass is 19.3. The number of halogens is 2. The molecule has 7 nitrogen and oxygen atoms in total. The Bertz CT molecular complexity index is 1210. The number of pyridine rings is 1. The van der Waals surface area contributed by atoms with Gasteiger partial charge in [-0.1, -0.05) is 24.3 Å². The van der Waals surface area contributed by atoms with Gasteiger partial charge in [-0.2, -0.15) is 5.10 Å². The molecule has 2 aromatic heterocycles. The second-order valence-electron chi connectivity index (χ2n) is 8.89. The van der Waals surface area contributed by atoms with Crippen LogP contribution in [0.5, 0.6) is 0 Å². The maximum atomic E-state index is 12.7. The SMILES string of the molecule is O=C(Cc1cccc(-c2cnn(CC(F)F)c2)c1)Nc1cc(N2CC[C@@H](C3CC3)C2=O)ccn1. The highest BCUT2D eigenvalue weighted by Crippen LogP contribution is 2.43. The molecule has 1 aromatic carbocycles. The summed E-state index contributed by atoms with van der Waals surface area (Å²) >= 11 is 0. The standard InChI is InChI=1S/C25H25F2N5O2/c26-22(27)15-31-14-19(13-29-31)18-3-1-2-16(10-18)11-24(33)30-23-12-20(6-8-28-23)32-9-7-21(25(32)34)17-4-5-17/h1-3,6,8,10,12-14,17,21-22H,4-5,7,9,11,15H2,(H,28,30,33)/t21-/m0/s1. The molecular weight excluding hydrogens is 440 g/mol. The van der Waals surface area contributed by atoms with Crippen LogP contribution in [0.2, 0.25) is 0 Å². The van der Waals surface area contributed by atoms with Gasteiger partial charge in [0.15, 0.2) is 0 Å². The van der Waals surface area contributed by atoms with Crippen LogP contribution in [0.1, 0.15) is 24.8 Å². The van der Waals surface area contributed by atoms with Gasteiger partial charge in [0.25, 0.3) is 6.43 Å². The monoisotopic (exact) mass is 465 g/mol. The zero-order valence-electron chi connectivity index (χ0n) is 18.5. The molecular formula is C25H25F2N5O2. The highest BCUT2D eigenvalue weighted by molar-refractivity contribution is 5.98. The van der Waals surface area contributed by atoms with Crippen LogP contribution in [-0.2, 0) is 22.6 Å². The third-order valence-corrected chi connectivity index (χ3v) is 6.34. The van der Waals surface area contributed by atoms with Crippen LogP contribution in [0.3, 0.4) is 0 Å². The molecule has 3 heterocycles. The van der Waals surface area contributed by atoms with Gasteiger partial charge in [0.1, 0.15) is 12.4 Å². The number of aromatic nitrogens is 3. The van der Waals surface area contributed by atoms with Crippen LogP contribution in [0.15, 0.2) is 55.0 Å². The number of nitrogens with one attached hydrogen (secondary N) is 1. The number of benzene rings is 1. The van der Waals surface area contributed by atoms with Crippen molar-refractivity contribution in [1.29, 1.82) is 0 Å². The van der Waals surface area contributed by atoms with Crippen molar-refractivity contribution in [2.45, 2.75) is 38.7 Å². The predicted molar refractivity (Wildman–Crippen MR) is 123 cm³/mol. The molecule has 1 N–H and O–H groups in total. The maximum Gasteiger partial charge on any atom is 0.257 e. The first-order valence-corrected chi connectivity index (χ1v) is 11.4. The Morgan fingerprint density at radius 2 is 2.00 bits per heavy atom. The van der Waals surface area contributed by atoms with Crippen molar-refractivity contribution in [1.82, 2.24) is 14.8 Å². The van der Waals surface area contributed by atoms with E-state index in [1.807, 2.05) is 24.3 Å². The van der Waals surface area contributed by atoms with Crippen LogP contribution in [0.4, 0.5) is 20.3 Å². The quantitative estimate of drug-likeness (QED) is 0.542. The molecule has 34 heavy (non-hydrogen) atoms. The second-order valence-corrected chi connectivity index (χ2v) is 8.89. The molecule has 5 rings (SSSR count). The largest absolute Gasteiger partial charge is 0.312 e. The Labute approximate surface area is 195 Å². The van der Waals surface area contributed by atoms with Crippen LogP contribution in [0, 0.1) is 11.8 Å². The minimum absolute atomic E-state index is 0.122. The molecule has 2 fully saturated rings. The molecule has 1 aliphatic heterocycles. The number of amides is 2. The van der Waals surface area contributed by atoms with E-state index in [9.17, 15) is 18.4 Å². The zero-order chi connectivity index (χ0) is 23.7. The van der Waals surface area contributed by atoms with Gasteiger partial charge in [-0.15, -0.1) is 0 Å². The summed E-state index contributed by atoms with van der Waals surface area (Å²) in [6, 6.07) is 10.9. The molecule has 0 spiro atoms. The zero-order valence-corrected chi connectivity index (χ0v) is 18.5. The molecule has 0 radical (unpaired) electrons. The Kier molecular flexibility index (Phi) is 6.08. The molecule has 176 valence electrons. The van der Waals surface area contributed by atoms with E-state index < -0.39 is 13.0 Å². The lowest BCUT2D eigenvalue weighted by atomic mass is 10.0. The van der Waals surface area contributed by atoms with E-state index >= 15 is 0 Å². The van der Waals surface area contributed by atoms with Gasteiger partial charge < -0.3 is 10.2 Å². The van der Waals surface area contributed by atoms with Gasteiger partial charge in [0, 0.05) is 42.2 Å². The summed E-state index contributed by atoms with van der Waals surface area (Å²) < 4.78 is 26.3. The van der Waals surface area contributed by atoms with Crippen LogP contribution < -0.4 is 10.2 Å². The van der Waals surface area contributed by atoms with Crippen LogP contribution in [0.25, 0.3) is 11.1 Å². The Balaban J connectivity index is 1.23. The molecule has 9 heteroatoms. The normalized spacial score (nSPS) is 18.0. The lowest BCUT2D eigenvalue weighted by Gasteiger charge is -2.17. The molecule has 1 saturated heterocycles. The van der Waals surface area contributed by atoms with E-state index in [1.165, 1.54) is 10.9 Å². The third-order valence-electron chi connectivity index (χ3n) is 6.34. The first-order chi connectivity index (χ1) is 16.5. The Morgan fingerprint density at radius 3 is 2.79 bits per heavy atom. The van der Waals surface area contributed by atoms with E-state index in [2.05, 4.69) is 15.4 Å².